The van der Waals surface area contributed by atoms with Crippen molar-refractivity contribution in [3.63, 3.8) is 0 Å². The molecule has 0 aliphatic carbocycles. The first kappa shape index (κ1) is 23.2. The van der Waals surface area contributed by atoms with Gasteiger partial charge in [-0.15, -0.1) is 0 Å². The van der Waals surface area contributed by atoms with Gasteiger partial charge in [-0.2, -0.15) is 0 Å². The van der Waals surface area contributed by atoms with Crippen LogP contribution >= 0.6 is 11.6 Å². The molecule has 1 fully saturated rings. The Morgan fingerprint density at radius 3 is 2.76 bits per heavy atom. The minimum Gasteiger partial charge on any atom is -0.464 e. The molecule has 8 nitrogen and oxygen atoms in total. The largest absolute Gasteiger partial charge is 0.464 e. The summed E-state index contributed by atoms with van der Waals surface area (Å²) < 4.78 is 12.1. The van der Waals surface area contributed by atoms with Crippen LogP contribution in [0.3, 0.4) is 0 Å². The molecular formula is C24H27ClN4O4. The maximum Gasteiger partial charge on any atom is 0.358 e. The molecule has 174 valence electrons. The zero-order valence-electron chi connectivity index (χ0n) is 19.4. The van der Waals surface area contributed by atoms with Gasteiger partial charge in [-0.25, -0.2) is 14.8 Å². The number of anilines is 1. The Morgan fingerprint density at radius 1 is 1.33 bits per heavy atom. The molecule has 4 rings (SSSR count). The second-order valence-electron chi connectivity index (χ2n) is 8.80. The number of aromatic nitrogens is 3. The summed E-state index contributed by atoms with van der Waals surface area (Å²) in [6.07, 6.45) is 0.798. The Morgan fingerprint density at radius 2 is 2.09 bits per heavy atom. The number of carbonyl (C=O) groups excluding carboxylic acids is 1. The van der Waals surface area contributed by atoms with Crippen molar-refractivity contribution in [3.05, 3.63) is 62.4 Å². The first-order valence-corrected chi connectivity index (χ1v) is 11.1. The van der Waals surface area contributed by atoms with Gasteiger partial charge in [-0.3, -0.25) is 9.36 Å². The van der Waals surface area contributed by atoms with Gasteiger partial charge in [-0.05, 0) is 44.0 Å². The van der Waals surface area contributed by atoms with E-state index in [1.807, 2.05) is 26.0 Å². The molecule has 1 saturated heterocycles. The maximum absolute atomic E-state index is 13.3. The molecule has 2 unspecified atom stereocenters. The summed E-state index contributed by atoms with van der Waals surface area (Å²) >= 11 is 5.99. The van der Waals surface area contributed by atoms with Crippen LogP contribution in [-0.2, 0) is 21.9 Å². The third-order valence-corrected chi connectivity index (χ3v) is 6.40. The quantitative estimate of drug-likeness (QED) is 0.446. The van der Waals surface area contributed by atoms with E-state index in [0.717, 1.165) is 17.5 Å². The van der Waals surface area contributed by atoms with Gasteiger partial charge in [-0.1, -0.05) is 24.6 Å². The molecule has 9 heteroatoms. The van der Waals surface area contributed by atoms with Crippen LogP contribution in [0.1, 0.15) is 53.7 Å². The van der Waals surface area contributed by atoms with Crippen molar-refractivity contribution in [3.8, 4) is 0 Å². The molecule has 3 aromatic rings. The van der Waals surface area contributed by atoms with Gasteiger partial charge in [0.05, 0.1) is 41.8 Å². The third kappa shape index (κ3) is 4.20. The second kappa shape index (κ2) is 8.76. The molecule has 1 aromatic carbocycles. The normalized spacial score (nSPS) is 19.0. The number of ether oxygens (including phenoxy) is 2. The van der Waals surface area contributed by atoms with Crippen LogP contribution in [-0.4, -0.2) is 40.8 Å². The number of aryl methyl sites for hydroxylation is 1. The molecule has 1 aliphatic heterocycles. The van der Waals surface area contributed by atoms with E-state index < -0.39 is 5.97 Å². The van der Waals surface area contributed by atoms with Crippen LogP contribution < -0.4 is 10.9 Å². The summed E-state index contributed by atoms with van der Waals surface area (Å²) in [5, 5.41) is 4.07. The number of fused-ring (bicyclic) bond motifs is 1. The fourth-order valence-electron chi connectivity index (χ4n) is 4.38. The monoisotopic (exact) mass is 470 g/mol. The van der Waals surface area contributed by atoms with E-state index >= 15 is 0 Å². The number of nitrogens with one attached hydrogen (secondary N) is 1. The first-order chi connectivity index (χ1) is 15.6. The lowest BCUT2D eigenvalue weighted by Gasteiger charge is -2.25. The Labute approximate surface area is 196 Å². The Balaban J connectivity index is 1.85. The fraction of sp³-hybridized carbons (Fsp3) is 0.417. The number of hydrogen-bond acceptors (Lipinski definition) is 7. The van der Waals surface area contributed by atoms with Gasteiger partial charge < -0.3 is 14.8 Å². The van der Waals surface area contributed by atoms with Crippen LogP contribution in [0.4, 0.5) is 5.69 Å². The van der Waals surface area contributed by atoms with Crippen LogP contribution in [0.15, 0.2) is 29.1 Å². The van der Waals surface area contributed by atoms with Crippen molar-refractivity contribution in [1.82, 2.24) is 14.5 Å². The van der Waals surface area contributed by atoms with Gasteiger partial charge >= 0.3 is 5.97 Å². The number of rotatable bonds is 5. The van der Waals surface area contributed by atoms with Gasteiger partial charge in [0, 0.05) is 19.2 Å². The molecule has 33 heavy (non-hydrogen) atoms. The SMILES string of the molecule is COC(=O)c1nc(Cl)ccc1NC(C)c1cc(C)cc2c(=O)n(C)c(C3(C)CCOC3)nc12. The maximum atomic E-state index is 13.3. The Bertz CT molecular complexity index is 1300. The topological polar surface area (TPSA) is 95.3 Å². The van der Waals surface area contributed by atoms with E-state index in [0.29, 0.717) is 35.6 Å². The van der Waals surface area contributed by atoms with E-state index in [9.17, 15) is 9.59 Å². The Hall–Kier alpha value is -2.97. The molecular weight excluding hydrogens is 444 g/mol. The zero-order valence-corrected chi connectivity index (χ0v) is 20.1. The average molecular weight is 471 g/mol. The van der Waals surface area contributed by atoms with E-state index in [1.54, 1.807) is 23.7 Å². The molecule has 0 bridgehead atoms. The van der Waals surface area contributed by atoms with Crippen LogP contribution in [0.25, 0.3) is 10.9 Å². The van der Waals surface area contributed by atoms with E-state index in [1.165, 1.54) is 7.11 Å². The molecule has 1 aliphatic rings. The Kier molecular flexibility index (Phi) is 6.16. The highest BCUT2D eigenvalue weighted by atomic mass is 35.5. The van der Waals surface area contributed by atoms with Crippen molar-refractivity contribution < 1.29 is 14.3 Å². The minimum absolute atomic E-state index is 0.0917. The molecule has 0 amide bonds. The molecule has 0 spiro atoms. The molecule has 0 radical (unpaired) electrons. The number of hydrogen-bond donors (Lipinski definition) is 1. The number of nitrogens with zero attached hydrogens (tertiary/aromatic N) is 3. The number of pyridine rings is 1. The third-order valence-electron chi connectivity index (χ3n) is 6.19. The van der Waals surface area contributed by atoms with Crippen LogP contribution in [0, 0.1) is 6.92 Å². The summed E-state index contributed by atoms with van der Waals surface area (Å²) in [6.45, 7) is 7.13. The van der Waals surface area contributed by atoms with E-state index in [4.69, 9.17) is 26.1 Å². The highest BCUT2D eigenvalue weighted by Crippen LogP contribution is 2.33. The van der Waals surface area contributed by atoms with Crippen molar-refractivity contribution in [1.29, 1.82) is 0 Å². The highest BCUT2D eigenvalue weighted by molar-refractivity contribution is 6.29. The predicted octanol–water partition coefficient (Wildman–Crippen LogP) is 3.93. The fourth-order valence-corrected chi connectivity index (χ4v) is 4.53. The highest BCUT2D eigenvalue weighted by Gasteiger charge is 2.36. The summed E-state index contributed by atoms with van der Waals surface area (Å²) in [5.41, 5.74) is 2.56. The zero-order chi connectivity index (χ0) is 23.9. The van der Waals surface area contributed by atoms with Crippen molar-refractivity contribution >= 4 is 34.2 Å². The number of methoxy groups -OCH3 is 1. The lowest BCUT2D eigenvalue weighted by molar-refractivity contribution is 0.0595. The number of carbonyl (C=O) groups is 1. The number of esters is 1. The van der Waals surface area contributed by atoms with E-state index in [-0.39, 0.29) is 27.9 Å². The predicted molar refractivity (Wildman–Crippen MR) is 127 cm³/mol. The molecule has 1 N–H and O–H groups in total. The van der Waals surface area contributed by atoms with E-state index in [2.05, 4.69) is 17.2 Å². The summed E-state index contributed by atoms with van der Waals surface area (Å²) in [7, 11) is 3.06. The van der Waals surface area contributed by atoms with Gasteiger partial charge in [0.15, 0.2) is 5.69 Å². The number of benzene rings is 1. The summed E-state index contributed by atoms with van der Waals surface area (Å²) in [5.74, 6) is 0.114. The standard InChI is InChI=1S/C24H27ClN4O4/c1-13-10-15(14(2)26-17-6-7-18(25)27-20(17)22(31)32-5)19-16(11-13)21(30)29(4)23(28-19)24(3)8-9-33-12-24/h6-7,10-11,14,26H,8-9,12H2,1-5H3. The summed E-state index contributed by atoms with van der Waals surface area (Å²) in [4.78, 5) is 34.7. The molecule has 0 saturated carbocycles. The average Bonchev–Trinajstić information content (AvgIpc) is 3.23. The van der Waals surface area contributed by atoms with Gasteiger partial charge in [0.1, 0.15) is 11.0 Å². The lowest BCUT2D eigenvalue weighted by atomic mass is 9.88. The summed E-state index contributed by atoms with van der Waals surface area (Å²) in [6, 6.07) is 6.86. The minimum atomic E-state index is -0.593. The van der Waals surface area contributed by atoms with Crippen LogP contribution in [0.2, 0.25) is 5.15 Å². The van der Waals surface area contributed by atoms with Crippen molar-refractivity contribution in [2.75, 3.05) is 25.6 Å². The molecule has 3 heterocycles. The first-order valence-electron chi connectivity index (χ1n) is 10.8. The van der Waals surface area contributed by atoms with Crippen molar-refractivity contribution in [2.24, 2.45) is 7.05 Å². The second-order valence-corrected chi connectivity index (χ2v) is 9.19. The lowest BCUT2D eigenvalue weighted by Crippen LogP contribution is -2.34. The molecule has 2 atom stereocenters. The van der Waals surface area contributed by atoms with Crippen molar-refractivity contribution in [2.45, 2.75) is 38.6 Å². The smallest absolute Gasteiger partial charge is 0.358 e. The van der Waals surface area contributed by atoms with Gasteiger partial charge in [0.2, 0.25) is 0 Å². The number of halogens is 1. The van der Waals surface area contributed by atoms with Crippen LogP contribution in [0.5, 0.6) is 0 Å². The molecule has 2 aromatic heterocycles. The van der Waals surface area contributed by atoms with Gasteiger partial charge in [0.25, 0.3) is 5.56 Å².